The van der Waals surface area contributed by atoms with Gasteiger partial charge in [0.05, 0.1) is 11.5 Å². The van der Waals surface area contributed by atoms with Crippen LogP contribution >= 0.6 is 0 Å². The highest BCUT2D eigenvalue weighted by Gasteiger charge is 2.35. The van der Waals surface area contributed by atoms with Gasteiger partial charge in [0.2, 0.25) is 10.0 Å². The van der Waals surface area contributed by atoms with E-state index < -0.39 is 10.0 Å². The normalized spacial score (nSPS) is 21.6. The van der Waals surface area contributed by atoms with E-state index in [-0.39, 0.29) is 6.61 Å². The van der Waals surface area contributed by atoms with Crippen molar-refractivity contribution >= 4 is 10.0 Å². The lowest BCUT2D eigenvalue weighted by atomic mass is 10.1. The van der Waals surface area contributed by atoms with Gasteiger partial charge in [0, 0.05) is 32.2 Å². The highest BCUT2D eigenvalue weighted by atomic mass is 32.2. The highest BCUT2D eigenvalue weighted by Crippen LogP contribution is 2.29. The zero-order chi connectivity index (χ0) is 15.0. The molecule has 0 aromatic heterocycles. The average molecular weight is 310 g/mol. The van der Waals surface area contributed by atoms with E-state index in [9.17, 15) is 13.5 Å². The topological polar surface area (TPSA) is 60.9 Å². The van der Waals surface area contributed by atoms with Crippen LogP contribution in [0.15, 0.2) is 23.1 Å². The van der Waals surface area contributed by atoms with Gasteiger partial charge in [-0.05, 0) is 37.0 Å². The van der Waals surface area contributed by atoms with Crippen molar-refractivity contribution < 1.29 is 13.5 Å². The van der Waals surface area contributed by atoms with Crippen molar-refractivity contribution in [1.82, 2.24) is 9.21 Å². The molecule has 6 heteroatoms. The Labute approximate surface area is 126 Å². The summed E-state index contributed by atoms with van der Waals surface area (Å²) in [7, 11) is -3.46. The molecule has 2 fully saturated rings. The summed E-state index contributed by atoms with van der Waals surface area (Å²) in [5.74, 6) is 0. The average Bonchev–Trinajstić information content (AvgIpc) is 3.32. The Morgan fingerprint density at radius 3 is 2.43 bits per heavy atom. The Morgan fingerprint density at radius 1 is 1.19 bits per heavy atom. The SMILES string of the molecule is Cc1c(CO)cccc1S(=O)(=O)N1CCN(C2CC2)CC1. The van der Waals surface area contributed by atoms with Crippen molar-refractivity contribution in [3.63, 3.8) is 0 Å². The Hall–Kier alpha value is -0.950. The summed E-state index contributed by atoms with van der Waals surface area (Å²) in [5.41, 5.74) is 1.33. The quantitative estimate of drug-likeness (QED) is 0.900. The van der Waals surface area contributed by atoms with E-state index >= 15 is 0 Å². The van der Waals surface area contributed by atoms with Crippen molar-refractivity contribution in [3.05, 3.63) is 29.3 Å². The number of sulfonamides is 1. The standard InChI is InChI=1S/C15H22N2O3S/c1-12-13(11-18)3-2-4-15(12)21(19,20)17-9-7-16(8-10-17)14-5-6-14/h2-4,14,18H,5-11H2,1H3. The molecule has 0 bridgehead atoms. The van der Waals surface area contributed by atoms with Crippen molar-refractivity contribution in [2.45, 2.75) is 37.3 Å². The Kier molecular flexibility index (Phi) is 4.05. The molecule has 5 nitrogen and oxygen atoms in total. The van der Waals surface area contributed by atoms with E-state index in [2.05, 4.69) is 4.90 Å². The molecule has 1 aromatic carbocycles. The molecule has 2 aliphatic rings. The first kappa shape index (κ1) is 15.0. The molecule has 21 heavy (non-hydrogen) atoms. The van der Waals surface area contributed by atoms with Crippen molar-refractivity contribution in [1.29, 1.82) is 0 Å². The van der Waals surface area contributed by atoms with Gasteiger partial charge in [0.25, 0.3) is 0 Å². The predicted octanol–water partition coefficient (Wildman–Crippen LogP) is 0.956. The van der Waals surface area contributed by atoms with Gasteiger partial charge in [0.1, 0.15) is 0 Å². The van der Waals surface area contributed by atoms with E-state index in [1.807, 2.05) is 0 Å². The summed E-state index contributed by atoms with van der Waals surface area (Å²) in [5, 5.41) is 9.31. The fourth-order valence-corrected chi connectivity index (χ4v) is 4.69. The molecule has 1 heterocycles. The lowest BCUT2D eigenvalue weighted by molar-refractivity contribution is 0.180. The summed E-state index contributed by atoms with van der Waals surface area (Å²) in [6.07, 6.45) is 2.51. The molecule has 1 N–H and O–H groups in total. The van der Waals surface area contributed by atoms with Crippen LogP contribution in [0.5, 0.6) is 0 Å². The number of rotatable bonds is 4. The van der Waals surface area contributed by atoms with E-state index in [4.69, 9.17) is 0 Å². The number of benzene rings is 1. The maximum Gasteiger partial charge on any atom is 0.243 e. The largest absolute Gasteiger partial charge is 0.392 e. The van der Waals surface area contributed by atoms with E-state index in [0.717, 1.165) is 13.1 Å². The molecule has 0 radical (unpaired) electrons. The minimum atomic E-state index is -3.46. The molecule has 1 aliphatic carbocycles. The molecule has 1 aliphatic heterocycles. The summed E-state index contributed by atoms with van der Waals surface area (Å²) in [6.45, 7) is 4.39. The maximum atomic E-state index is 12.8. The summed E-state index contributed by atoms with van der Waals surface area (Å²) < 4.78 is 27.2. The second-order valence-corrected chi connectivity index (χ2v) is 7.78. The van der Waals surface area contributed by atoms with Gasteiger partial charge < -0.3 is 5.11 Å². The first-order chi connectivity index (χ1) is 10.0. The van der Waals surface area contributed by atoms with Gasteiger partial charge >= 0.3 is 0 Å². The molecule has 1 saturated carbocycles. The van der Waals surface area contributed by atoms with Crippen LogP contribution in [0, 0.1) is 6.92 Å². The molecule has 0 atom stereocenters. The second kappa shape index (κ2) is 5.68. The number of piperazine rings is 1. The number of hydrogen-bond acceptors (Lipinski definition) is 4. The molecule has 1 aromatic rings. The van der Waals surface area contributed by atoms with Crippen LogP contribution in [-0.2, 0) is 16.6 Å². The van der Waals surface area contributed by atoms with Crippen molar-refractivity contribution in [3.8, 4) is 0 Å². The van der Waals surface area contributed by atoms with Gasteiger partial charge in [-0.25, -0.2) is 8.42 Å². The van der Waals surface area contributed by atoms with Gasteiger partial charge in [-0.3, -0.25) is 4.90 Å². The lowest BCUT2D eigenvalue weighted by Gasteiger charge is -2.34. The molecule has 0 amide bonds. The number of nitrogens with zero attached hydrogens (tertiary/aromatic N) is 2. The zero-order valence-corrected chi connectivity index (χ0v) is 13.1. The molecule has 1 saturated heterocycles. The molecule has 3 rings (SSSR count). The number of aliphatic hydroxyl groups is 1. The Bertz CT molecular complexity index is 618. The summed E-state index contributed by atoms with van der Waals surface area (Å²) in [4.78, 5) is 2.72. The number of aliphatic hydroxyl groups excluding tert-OH is 1. The highest BCUT2D eigenvalue weighted by molar-refractivity contribution is 7.89. The molecular formula is C15H22N2O3S. The smallest absolute Gasteiger partial charge is 0.243 e. The monoisotopic (exact) mass is 310 g/mol. The maximum absolute atomic E-state index is 12.8. The van der Waals surface area contributed by atoms with Crippen LogP contribution < -0.4 is 0 Å². The summed E-state index contributed by atoms with van der Waals surface area (Å²) in [6, 6.07) is 5.79. The minimum absolute atomic E-state index is 0.134. The number of hydrogen-bond donors (Lipinski definition) is 1. The van der Waals surface area contributed by atoms with Crippen LogP contribution in [0.3, 0.4) is 0 Å². The van der Waals surface area contributed by atoms with E-state index in [1.165, 1.54) is 12.8 Å². The van der Waals surface area contributed by atoms with Crippen molar-refractivity contribution in [2.24, 2.45) is 0 Å². The Morgan fingerprint density at radius 2 is 1.86 bits per heavy atom. The molecule has 0 unspecified atom stereocenters. The Balaban J connectivity index is 1.80. The minimum Gasteiger partial charge on any atom is -0.392 e. The zero-order valence-electron chi connectivity index (χ0n) is 12.3. The second-order valence-electron chi connectivity index (χ2n) is 5.87. The fourth-order valence-electron chi connectivity index (χ4n) is 3.00. The third-order valence-electron chi connectivity index (χ3n) is 4.52. The molecular weight excluding hydrogens is 288 g/mol. The molecule has 0 spiro atoms. The fraction of sp³-hybridized carbons (Fsp3) is 0.600. The first-order valence-electron chi connectivity index (χ1n) is 7.47. The molecule has 116 valence electrons. The van der Waals surface area contributed by atoms with Gasteiger partial charge in [0.15, 0.2) is 0 Å². The first-order valence-corrected chi connectivity index (χ1v) is 8.91. The van der Waals surface area contributed by atoms with Gasteiger partial charge in [-0.2, -0.15) is 4.31 Å². The van der Waals surface area contributed by atoms with E-state index in [0.29, 0.717) is 35.2 Å². The van der Waals surface area contributed by atoms with Crippen LogP contribution in [-0.4, -0.2) is 55.0 Å². The third kappa shape index (κ3) is 2.85. The van der Waals surface area contributed by atoms with Gasteiger partial charge in [-0.1, -0.05) is 12.1 Å². The van der Waals surface area contributed by atoms with E-state index in [1.54, 1.807) is 29.4 Å². The van der Waals surface area contributed by atoms with Crippen LogP contribution in [0.25, 0.3) is 0 Å². The van der Waals surface area contributed by atoms with Gasteiger partial charge in [-0.15, -0.1) is 0 Å². The van der Waals surface area contributed by atoms with Crippen molar-refractivity contribution in [2.75, 3.05) is 26.2 Å². The third-order valence-corrected chi connectivity index (χ3v) is 6.56. The van der Waals surface area contributed by atoms with Crippen LogP contribution in [0.2, 0.25) is 0 Å². The summed E-state index contributed by atoms with van der Waals surface area (Å²) >= 11 is 0. The predicted molar refractivity (Wildman–Crippen MR) is 80.5 cm³/mol. The van der Waals surface area contributed by atoms with Crippen LogP contribution in [0.4, 0.5) is 0 Å². The lowest BCUT2D eigenvalue weighted by Crippen LogP contribution is -2.49. The van der Waals surface area contributed by atoms with Crippen LogP contribution in [0.1, 0.15) is 24.0 Å².